The van der Waals surface area contributed by atoms with Gasteiger partial charge in [-0.1, -0.05) is 30.3 Å². The monoisotopic (exact) mass is 245 g/mol. The summed E-state index contributed by atoms with van der Waals surface area (Å²) in [6.07, 6.45) is 2.21. The number of hydrogen-bond acceptors (Lipinski definition) is 4. The first-order valence-electron chi connectivity index (χ1n) is 6.49. The number of nitrogens with zero attached hydrogens (tertiary/aromatic N) is 2. The summed E-state index contributed by atoms with van der Waals surface area (Å²) < 4.78 is 5.65. The van der Waals surface area contributed by atoms with Crippen LogP contribution in [0.15, 0.2) is 35.3 Å². The Morgan fingerprint density at radius 1 is 1.33 bits per heavy atom. The molecule has 2 N–H and O–H groups in total. The second-order valence-corrected chi connectivity index (χ2v) is 5.13. The Balaban J connectivity index is 1.81. The third-order valence-corrected chi connectivity index (χ3v) is 3.87. The normalized spacial score (nSPS) is 27.6. The van der Waals surface area contributed by atoms with Crippen LogP contribution in [0.5, 0.6) is 0 Å². The van der Waals surface area contributed by atoms with E-state index in [-0.39, 0.29) is 5.54 Å². The van der Waals surface area contributed by atoms with Crippen LogP contribution < -0.4 is 5.73 Å². The van der Waals surface area contributed by atoms with Crippen LogP contribution in [0.3, 0.4) is 0 Å². The molecule has 0 bridgehead atoms. The Labute approximate surface area is 107 Å². The standard InChI is InChI=1S/C14H19N3O/c15-13-16-10-14(7-4-8-18-11-14)17(13)9-12-5-2-1-3-6-12/h1-3,5-6H,4,7-11H2,(H2,15,16). The molecular weight excluding hydrogens is 226 g/mol. The highest BCUT2D eigenvalue weighted by Gasteiger charge is 2.43. The zero-order valence-electron chi connectivity index (χ0n) is 10.5. The Bertz CT molecular complexity index is 438. The molecule has 4 heteroatoms. The Morgan fingerprint density at radius 2 is 2.17 bits per heavy atom. The fourth-order valence-corrected chi connectivity index (χ4v) is 2.83. The third kappa shape index (κ3) is 1.97. The van der Waals surface area contributed by atoms with Gasteiger partial charge in [-0.2, -0.15) is 0 Å². The van der Waals surface area contributed by atoms with Crippen LogP contribution in [0.25, 0.3) is 0 Å². The molecule has 0 radical (unpaired) electrons. The minimum absolute atomic E-state index is 0.00181. The lowest BCUT2D eigenvalue weighted by Crippen LogP contribution is -2.55. The van der Waals surface area contributed by atoms with Gasteiger partial charge in [-0.05, 0) is 18.4 Å². The van der Waals surface area contributed by atoms with Crippen molar-refractivity contribution in [1.29, 1.82) is 0 Å². The van der Waals surface area contributed by atoms with Crippen molar-refractivity contribution in [2.24, 2.45) is 10.7 Å². The van der Waals surface area contributed by atoms with Gasteiger partial charge in [0.05, 0.1) is 18.7 Å². The minimum atomic E-state index is -0.00181. The lowest BCUT2D eigenvalue weighted by atomic mass is 9.91. The summed E-state index contributed by atoms with van der Waals surface area (Å²) in [6, 6.07) is 10.4. The first-order valence-corrected chi connectivity index (χ1v) is 6.49. The number of hydrogen-bond donors (Lipinski definition) is 1. The molecule has 1 atom stereocenters. The maximum absolute atomic E-state index is 6.05. The van der Waals surface area contributed by atoms with E-state index in [0.717, 1.165) is 39.1 Å². The number of guanidine groups is 1. The van der Waals surface area contributed by atoms with Crippen LogP contribution in [0.4, 0.5) is 0 Å². The number of ether oxygens (including phenoxy) is 1. The molecule has 2 heterocycles. The van der Waals surface area contributed by atoms with E-state index >= 15 is 0 Å². The maximum Gasteiger partial charge on any atom is 0.192 e. The summed E-state index contributed by atoms with van der Waals surface area (Å²) in [6.45, 7) is 3.19. The van der Waals surface area contributed by atoms with Gasteiger partial charge in [-0.3, -0.25) is 4.99 Å². The fourth-order valence-electron chi connectivity index (χ4n) is 2.83. The molecule has 1 saturated heterocycles. The van der Waals surface area contributed by atoms with Gasteiger partial charge in [0.1, 0.15) is 0 Å². The van der Waals surface area contributed by atoms with Crippen molar-refractivity contribution >= 4 is 5.96 Å². The highest BCUT2D eigenvalue weighted by atomic mass is 16.5. The second kappa shape index (κ2) is 4.61. The van der Waals surface area contributed by atoms with E-state index in [9.17, 15) is 0 Å². The fraction of sp³-hybridized carbons (Fsp3) is 0.500. The van der Waals surface area contributed by atoms with Crippen LogP contribution in [0.2, 0.25) is 0 Å². The van der Waals surface area contributed by atoms with Crippen LogP contribution in [-0.2, 0) is 11.3 Å². The van der Waals surface area contributed by atoms with Gasteiger partial charge in [0, 0.05) is 13.2 Å². The Kier molecular flexibility index (Phi) is 2.96. The van der Waals surface area contributed by atoms with Gasteiger partial charge >= 0.3 is 0 Å². The van der Waals surface area contributed by atoms with E-state index in [4.69, 9.17) is 10.5 Å². The molecule has 1 fully saturated rings. The number of benzene rings is 1. The van der Waals surface area contributed by atoms with Gasteiger partial charge in [-0.25, -0.2) is 0 Å². The quantitative estimate of drug-likeness (QED) is 0.856. The van der Waals surface area contributed by atoms with Gasteiger partial charge < -0.3 is 15.4 Å². The molecule has 1 spiro atoms. The molecule has 3 rings (SSSR count). The molecule has 4 nitrogen and oxygen atoms in total. The van der Waals surface area contributed by atoms with Crippen molar-refractivity contribution in [2.45, 2.75) is 24.9 Å². The van der Waals surface area contributed by atoms with E-state index in [1.54, 1.807) is 0 Å². The third-order valence-electron chi connectivity index (χ3n) is 3.87. The number of aliphatic imine (C=N–C) groups is 1. The molecule has 0 aromatic heterocycles. The van der Waals surface area contributed by atoms with E-state index in [0.29, 0.717) is 5.96 Å². The van der Waals surface area contributed by atoms with Crippen molar-refractivity contribution in [3.63, 3.8) is 0 Å². The van der Waals surface area contributed by atoms with Gasteiger partial charge in [-0.15, -0.1) is 0 Å². The van der Waals surface area contributed by atoms with Crippen molar-refractivity contribution in [3.05, 3.63) is 35.9 Å². The molecule has 0 aliphatic carbocycles. The summed E-state index contributed by atoms with van der Waals surface area (Å²) in [4.78, 5) is 6.65. The molecule has 2 aliphatic heterocycles. The molecule has 18 heavy (non-hydrogen) atoms. The van der Waals surface area contributed by atoms with E-state index < -0.39 is 0 Å². The average Bonchev–Trinajstić information content (AvgIpc) is 2.71. The lowest BCUT2D eigenvalue weighted by Gasteiger charge is -2.41. The molecule has 1 aromatic carbocycles. The molecule has 0 amide bonds. The predicted molar refractivity (Wildman–Crippen MR) is 71.3 cm³/mol. The average molecular weight is 245 g/mol. The zero-order chi connectivity index (χ0) is 12.4. The smallest absolute Gasteiger partial charge is 0.192 e. The number of nitrogens with two attached hydrogens (primary N) is 1. The predicted octanol–water partition coefficient (Wildman–Crippen LogP) is 1.37. The molecule has 0 saturated carbocycles. The molecule has 1 aromatic rings. The van der Waals surface area contributed by atoms with Crippen molar-refractivity contribution < 1.29 is 4.74 Å². The molecular formula is C14H19N3O. The first kappa shape index (κ1) is 11.5. The Morgan fingerprint density at radius 3 is 2.89 bits per heavy atom. The lowest BCUT2D eigenvalue weighted by molar-refractivity contribution is -0.0118. The van der Waals surface area contributed by atoms with Crippen LogP contribution in [-0.4, -0.2) is 36.2 Å². The SMILES string of the molecule is NC1=NCC2(CCCOC2)N1Cc1ccccc1. The maximum atomic E-state index is 6.05. The van der Waals surface area contributed by atoms with Crippen molar-refractivity contribution in [3.8, 4) is 0 Å². The van der Waals surface area contributed by atoms with Crippen molar-refractivity contribution in [2.75, 3.05) is 19.8 Å². The van der Waals surface area contributed by atoms with Crippen LogP contribution in [0.1, 0.15) is 18.4 Å². The van der Waals surface area contributed by atoms with E-state index in [1.165, 1.54) is 5.56 Å². The highest BCUT2D eigenvalue weighted by molar-refractivity contribution is 5.81. The Hall–Kier alpha value is -1.55. The van der Waals surface area contributed by atoms with Gasteiger partial charge in [0.2, 0.25) is 0 Å². The van der Waals surface area contributed by atoms with Crippen LogP contribution in [0, 0.1) is 0 Å². The zero-order valence-corrected chi connectivity index (χ0v) is 10.5. The van der Waals surface area contributed by atoms with Crippen LogP contribution >= 0.6 is 0 Å². The minimum Gasteiger partial charge on any atom is -0.379 e. The summed E-state index contributed by atoms with van der Waals surface area (Å²) in [5.41, 5.74) is 7.32. The largest absolute Gasteiger partial charge is 0.379 e. The first-order chi connectivity index (χ1) is 8.80. The number of rotatable bonds is 2. The summed E-state index contributed by atoms with van der Waals surface area (Å²) in [5, 5.41) is 0. The molecule has 1 unspecified atom stereocenters. The van der Waals surface area contributed by atoms with Gasteiger partial charge in [0.25, 0.3) is 0 Å². The second-order valence-electron chi connectivity index (χ2n) is 5.13. The van der Waals surface area contributed by atoms with Gasteiger partial charge in [0.15, 0.2) is 5.96 Å². The summed E-state index contributed by atoms with van der Waals surface area (Å²) >= 11 is 0. The van der Waals surface area contributed by atoms with E-state index in [1.807, 2.05) is 6.07 Å². The highest BCUT2D eigenvalue weighted by Crippen LogP contribution is 2.31. The van der Waals surface area contributed by atoms with Crippen molar-refractivity contribution in [1.82, 2.24) is 4.90 Å². The molecule has 2 aliphatic rings. The summed E-state index contributed by atoms with van der Waals surface area (Å²) in [7, 11) is 0. The summed E-state index contributed by atoms with van der Waals surface area (Å²) in [5.74, 6) is 0.657. The van der Waals surface area contributed by atoms with E-state index in [2.05, 4.69) is 34.2 Å². The molecule has 96 valence electrons. The topological polar surface area (TPSA) is 50.9 Å².